The predicted octanol–water partition coefficient (Wildman–Crippen LogP) is 4.79. The fraction of sp³-hybridized carbons (Fsp3) is 0.385. The molecule has 40 heavy (non-hydrogen) atoms. The Morgan fingerprint density at radius 1 is 1.15 bits per heavy atom. The summed E-state index contributed by atoms with van der Waals surface area (Å²) < 4.78 is 83.3. The monoisotopic (exact) mass is 569 g/mol. The Balaban J connectivity index is 1.63. The van der Waals surface area contributed by atoms with E-state index in [1.165, 1.54) is 29.2 Å². The van der Waals surface area contributed by atoms with Crippen molar-refractivity contribution in [3.05, 3.63) is 65.7 Å². The number of hydrogen-bond acceptors (Lipinski definition) is 5. The molecule has 0 spiro atoms. The summed E-state index contributed by atoms with van der Waals surface area (Å²) in [5.74, 6) is -5.75. The van der Waals surface area contributed by atoms with E-state index in [-0.39, 0.29) is 48.6 Å². The molecule has 1 saturated heterocycles. The highest BCUT2D eigenvalue weighted by atomic mass is 19.4. The van der Waals surface area contributed by atoms with E-state index in [2.05, 4.69) is 15.4 Å². The van der Waals surface area contributed by atoms with Crippen molar-refractivity contribution in [2.45, 2.75) is 43.8 Å². The average molecular weight is 570 g/mol. The molecule has 14 heteroatoms. The highest BCUT2D eigenvalue weighted by Crippen LogP contribution is 2.37. The molecular formula is C26H25F6N5O3. The van der Waals surface area contributed by atoms with Gasteiger partial charge in [0.25, 0.3) is 11.8 Å². The van der Waals surface area contributed by atoms with E-state index in [0.29, 0.717) is 6.54 Å². The lowest BCUT2D eigenvalue weighted by molar-refractivity contribution is -0.138. The molecule has 3 aromatic rings. The number of nitrogens with zero attached hydrogens (tertiary/aromatic N) is 4. The molecule has 1 aromatic carbocycles. The van der Waals surface area contributed by atoms with E-state index in [9.17, 15) is 41.0 Å². The number of aromatic nitrogens is 3. The van der Waals surface area contributed by atoms with Gasteiger partial charge in [-0.2, -0.15) is 18.3 Å². The van der Waals surface area contributed by atoms with Crippen LogP contribution in [0.25, 0.3) is 17.1 Å². The SMILES string of the molecule is O=C(O)CC(CCN1CCCC(F)(F)C1)NC(=O)c1cc(-c2ccccc2C(F)(F)F)n(-c2ccc(F)cn2)n1. The number of carboxylic acids is 1. The van der Waals surface area contributed by atoms with Gasteiger partial charge < -0.3 is 10.4 Å². The molecule has 1 amide bonds. The molecule has 1 unspecified atom stereocenters. The van der Waals surface area contributed by atoms with Crippen molar-refractivity contribution in [2.75, 3.05) is 19.6 Å². The summed E-state index contributed by atoms with van der Waals surface area (Å²) in [5, 5.41) is 15.9. The van der Waals surface area contributed by atoms with Crippen LogP contribution >= 0.6 is 0 Å². The van der Waals surface area contributed by atoms with Crippen molar-refractivity contribution >= 4 is 11.9 Å². The fourth-order valence-corrected chi connectivity index (χ4v) is 4.58. The van der Waals surface area contributed by atoms with Crippen LogP contribution in [0.3, 0.4) is 0 Å². The third kappa shape index (κ3) is 7.17. The number of pyridine rings is 1. The molecule has 1 atom stereocenters. The number of hydrogen-bond donors (Lipinski definition) is 2. The number of likely N-dealkylation sites (tertiary alicyclic amines) is 1. The van der Waals surface area contributed by atoms with Crippen LogP contribution in [0, 0.1) is 5.82 Å². The maximum atomic E-state index is 13.8. The standard InChI is InChI=1S/C26H25F6N5O3/c27-16-6-7-22(33-14-16)37-21(18-4-1-2-5-19(18)26(30,31)32)13-20(35-37)24(40)34-17(12-23(38)39)8-11-36-10-3-9-25(28,29)15-36/h1-2,4-7,13-14,17H,3,8-12,15H2,(H,34,40)(H,38,39). The van der Waals surface area contributed by atoms with E-state index in [4.69, 9.17) is 0 Å². The number of benzene rings is 1. The number of piperidine rings is 1. The molecule has 1 aliphatic heterocycles. The second-order valence-corrected chi connectivity index (χ2v) is 9.50. The Morgan fingerprint density at radius 3 is 2.55 bits per heavy atom. The van der Waals surface area contributed by atoms with Gasteiger partial charge in [-0.3, -0.25) is 14.5 Å². The van der Waals surface area contributed by atoms with Crippen LogP contribution in [0.15, 0.2) is 48.7 Å². The van der Waals surface area contributed by atoms with Gasteiger partial charge in [-0.15, -0.1) is 0 Å². The maximum Gasteiger partial charge on any atom is 0.417 e. The Morgan fingerprint density at radius 2 is 1.90 bits per heavy atom. The molecule has 0 saturated carbocycles. The minimum absolute atomic E-state index is 0.0398. The summed E-state index contributed by atoms with van der Waals surface area (Å²) in [6, 6.07) is 6.93. The lowest BCUT2D eigenvalue weighted by Gasteiger charge is -2.33. The zero-order valence-corrected chi connectivity index (χ0v) is 21.0. The third-order valence-electron chi connectivity index (χ3n) is 6.40. The van der Waals surface area contributed by atoms with Crippen molar-refractivity contribution in [1.29, 1.82) is 0 Å². The summed E-state index contributed by atoms with van der Waals surface area (Å²) in [6.07, 6.45) is -4.34. The zero-order valence-electron chi connectivity index (χ0n) is 21.0. The van der Waals surface area contributed by atoms with Crippen LogP contribution in [-0.2, 0) is 11.0 Å². The number of alkyl halides is 5. The number of nitrogens with one attached hydrogen (secondary N) is 1. The number of carbonyl (C=O) groups excluding carboxylic acids is 1. The Bertz CT molecular complexity index is 1360. The van der Waals surface area contributed by atoms with Crippen molar-refractivity contribution < 1.29 is 41.0 Å². The van der Waals surface area contributed by atoms with Crippen molar-refractivity contribution in [3.63, 3.8) is 0 Å². The molecule has 2 N–H and O–H groups in total. The molecule has 8 nitrogen and oxygen atoms in total. The summed E-state index contributed by atoms with van der Waals surface area (Å²) in [4.78, 5) is 29.9. The van der Waals surface area contributed by atoms with Gasteiger partial charge in [0.05, 0.1) is 30.4 Å². The van der Waals surface area contributed by atoms with Crippen LogP contribution in [-0.4, -0.2) is 68.2 Å². The van der Waals surface area contributed by atoms with Crippen molar-refractivity contribution in [2.24, 2.45) is 0 Å². The zero-order chi connectivity index (χ0) is 29.1. The normalized spacial score (nSPS) is 16.4. The van der Waals surface area contributed by atoms with Crippen LogP contribution < -0.4 is 5.32 Å². The van der Waals surface area contributed by atoms with Gasteiger partial charge in [0.1, 0.15) is 5.82 Å². The number of carbonyl (C=O) groups is 2. The molecule has 0 radical (unpaired) electrons. The first-order chi connectivity index (χ1) is 18.8. The molecule has 1 fully saturated rings. The van der Waals surface area contributed by atoms with Gasteiger partial charge >= 0.3 is 12.1 Å². The van der Waals surface area contributed by atoms with Gasteiger partial charge in [-0.1, -0.05) is 18.2 Å². The lowest BCUT2D eigenvalue weighted by Crippen LogP contribution is -2.45. The van der Waals surface area contributed by atoms with E-state index in [1.54, 1.807) is 0 Å². The molecule has 214 valence electrons. The summed E-state index contributed by atoms with van der Waals surface area (Å²) >= 11 is 0. The van der Waals surface area contributed by atoms with Crippen LogP contribution in [0.2, 0.25) is 0 Å². The first-order valence-corrected chi connectivity index (χ1v) is 12.3. The average Bonchev–Trinajstić information content (AvgIpc) is 3.32. The van der Waals surface area contributed by atoms with Crippen LogP contribution in [0.4, 0.5) is 26.3 Å². The lowest BCUT2D eigenvalue weighted by atomic mass is 10.0. The first-order valence-electron chi connectivity index (χ1n) is 12.3. The van der Waals surface area contributed by atoms with Gasteiger partial charge in [-0.25, -0.2) is 22.8 Å². The van der Waals surface area contributed by atoms with Gasteiger partial charge in [-0.05, 0) is 43.7 Å². The van der Waals surface area contributed by atoms with Crippen molar-refractivity contribution in [1.82, 2.24) is 25.0 Å². The highest BCUT2D eigenvalue weighted by molar-refractivity contribution is 5.94. The van der Waals surface area contributed by atoms with E-state index in [1.807, 2.05) is 0 Å². The third-order valence-corrected chi connectivity index (χ3v) is 6.40. The Kier molecular flexibility index (Phi) is 8.47. The number of carboxylic acid groups (broad SMARTS) is 1. The van der Waals surface area contributed by atoms with Crippen LogP contribution in [0.5, 0.6) is 0 Å². The number of amides is 1. The van der Waals surface area contributed by atoms with Crippen LogP contribution in [0.1, 0.15) is 41.7 Å². The Labute approximate surface area is 224 Å². The molecule has 3 heterocycles. The quantitative estimate of drug-likeness (QED) is 0.360. The maximum absolute atomic E-state index is 13.8. The minimum Gasteiger partial charge on any atom is -0.481 e. The smallest absolute Gasteiger partial charge is 0.417 e. The number of halogens is 6. The second kappa shape index (κ2) is 11.7. The minimum atomic E-state index is -4.75. The summed E-state index contributed by atoms with van der Waals surface area (Å²) in [7, 11) is 0. The summed E-state index contributed by atoms with van der Waals surface area (Å²) in [5.41, 5.74) is -1.84. The van der Waals surface area contributed by atoms with Gasteiger partial charge in [0, 0.05) is 24.6 Å². The number of rotatable bonds is 9. The van der Waals surface area contributed by atoms with E-state index in [0.717, 1.165) is 29.1 Å². The molecule has 1 aliphatic rings. The van der Waals surface area contributed by atoms with E-state index < -0.39 is 54.4 Å². The molecule has 4 rings (SSSR count). The van der Waals surface area contributed by atoms with Gasteiger partial charge in [0.2, 0.25) is 0 Å². The van der Waals surface area contributed by atoms with Gasteiger partial charge in [0.15, 0.2) is 11.5 Å². The second-order valence-electron chi connectivity index (χ2n) is 9.50. The molecular weight excluding hydrogens is 544 g/mol. The topological polar surface area (TPSA) is 100 Å². The van der Waals surface area contributed by atoms with Crippen molar-refractivity contribution in [3.8, 4) is 17.1 Å². The molecule has 0 aliphatic carbocycles. The largest absolute Gasteiger partial charge is 0.481 e. The summed E-state index contributed by atoms with van der Waals surface area (Å²) in [6.45, 7) is 0.0319. The fourth-order valence-electron chi connectivity index (χ4n) is 4.58. The molecule has 0 bridgehead atoms. The van der Waals surface area contributed by atoms with E-state index >= 15 is 0 Å². The first kappa shape index (κ1) is 29.1. The molecule has 2 aromatic heterocycles. The number of aliphatic carboxylic acids is 1. The highest BCUT2D eigenvalue weighted by Gasteiger charge is 2.36. The predicted molar refractivity (Wildman–Crippen MR) is 130 cm³/mol. The Hall–Kier alpha value is -3.94.